The molecule has 2 aromatic heterocycles. The van der Waals surface area contributed by atoms with Gasteiger partial charge in [-0.2, -0.15) is 0 Å². The molecule has 0 saturated carbocycles. The highest BCUT2D eigenvalue weighted by Crippen LogP contribution is 2.41. The standard InChI is InChI=1S/C17H13ClN2O2S2/c18-10-6-4-9(5-7-10)15-19-16(23-8-13(21)22)14-11-2-1-3-12(11)24-17(14)20-15/h4-7H,1-3,8H2,(H,21,22)/p-1. The minimum Gasteiger partial charge on any atom is -0.549 e. The van der Waals surface area contributed by atoms with Crippen molar-refractivity contribution < 1.29 is 9.90 Å². The lowest BCUT2D eigenvalue weighted by molar-refractivity contribution is -0.301. The number of rotatable bonds is 4. The minimum absolute atomic E-state index is 0.114. The molecule has 4 nitrogen and oxygen atoms in total. The number of carboxylic acids is 1. The number of carboxylic acid groups (broad SMARTS) is 1. The number of fused-ring (bicyclic) bond motifs is 3. The predicted molar refractivity (Wildman–Crippen MR) is 95.6 cm³/mol. The number of aliphatic carboxylic acids is 1. The Morgan fingerprint density at radius 1 is 1.25 bits per heavy atom. The zero-order chi connectivity index (χ0) is 16.7. The first-order chi connectivity index (χ1) is 11.6. The zero-order valence-corrected chi connectivity index (χ0v) is 14.9. The molecule has 0 unspecified atom stereocenters. The Kier molecular flexibility index (Phi) is 4.20. The number of aryl methyl sites for hydroxylation is 2. The van der Waals surface area contributed by atoms with E-state index in [1.54, 1.807) is 23.5 Å². The van der Waals surface area contributed by atoms with Gasteiger partial charge in [-0.15, -0.1) is 11.3 Å². The molecule has 1 aromatic carbocycles. The molecule has 122 valence electrons. The first kappa shape index (κ1) is 15.9. The molecule has 4 rings (SSSR count). The van der Waals surface area contributed by atoms with Gasteiger partial charge in [-0.25, -0.2) is 9.97 Å². The van der Waals surface area contributed by atoms with Crippen molar-refractivity contribution in [2.75, 3.05) is 5.75 Å². The molecule has 0 amide bonds. The van der Waals surface area contributed by atoms with Gasteiger partial charge in [-0.1, -0.05) is 23.4 Å². The average molecular weight is 376 g/mol. The molecule has 0 bridgehead atoms. The Labute approximate surface area is 151 Å². The van der Waals surface area contributed by atoms with Crippen LogP contribution in [0.4, 0.5) is 0 Å². The van der Waals surface area contributed by atoms with Crippen LogP contribution in [0.15, 0.2) is 29.3 Å². The van der Waals surface area contributed by atoms with Crippen LogP contribution in [0.25, 0.3) is 21.6 Å². The summed E-state index contributed by atoms with van der Waals surface area (Å²) >= 11 is 8.85. The molecule has 7 heteroatoms. The highest BCUT2D eigenvalue weighted by atomic mass is 35.5. The molecule has 0 saturated heterocycles. The number of thioether (sulfide) groups is 1. The monoisotopic (exact) mass is 375 g/mol. The number of thiophene rings is 1. The second-order valence-electron chi connectivity index (χ2n) is 5.56. The molecule has 0 fully saturated rings. The summed E-state index contributed by atoms with van der Waals surface area (Å²) in [7, 11) is 0. The fraction of sp³-hybridized carbons (Fsp3) is 0.235. The fourth-order valence-corrected chi connectivity index (χ4v) is 5.14. The molecule has 0 N–H and O–H groups in total. The summed E-state index contributed by atoms with van der Waals surface area (Å²) in [6.45, 7) is 0. The average Bonchev–Trinajstić information content (AvgIpc) is 3.13. The molecular weight excluding hydrogens is 364 g/mol. The fourth-order valence-electron chi connectivity index (χ4n) is 2.92. The van der Waals surface area contributed by atoms with Crippen LogP contribution in [-0.4, -0.2) is 21.7 Å². The van der Waals surface area contributed by atoms with E-state index in [-0.39, 0.29) is 5.75 Å². The van der Waals surface area contributed by atoms with Crippen molar-refractivity contribution in [3.63, 3.8) is 0 Å². The van der Waals surface area contributed by atoms with E-state index < -0.39 is 5.97 Å². The maximum absolute atomic E-state index is 10.9. The highest BCUT2D eigenvalue weighted by molar-refractivity contribution is 8.00. The molecule has 1 aliphatic rings. The van der Waals surface area contributed by atoms with E-state index in [0.717, 1.165) is 40.1 Å². The summed E-state index contributed by atoms with van der Waals surface area (Å²) in [5.74, 6) is -0.608. The topological polar surface area (TPSA) is 65.9 Å². The summed E-state index contributed by atoms with van der Waals surface area (Å²) in [4.78, 5) is 22.5. The molecule has 0 radical (unpaired) electrons. The summed E-state index contributed by atoms with van der Waals surface area (Å²) < 4.78 is 0. The van der Waals surface area contributed by atoms with Crippen molar-refractivity contribution in [3.05, 3.63) is 39.7 Å². The van der Waals surface area contributed by atoms with Crippen LogP contribution < -0.4 is 5.11 Å². The van der Waals surface area contributed by atoms with E-state index in [1.165, 1.54) is 22.2 Å². The second kappa shape index (κ2) is 6.35. The van der Waals surface area contributed by atoms with Crippen LogP contribution in [-0.2, 0) is 17.6 Å². The van der Waals surface area contributed by atoms with E-state index in [0.29, 0.717) is 10.8 Å². The Hall–Kier alpha value is -1.63. The summed E-state index contributed by atoms with van der Waals surface area (Å²) in [5, 5.41) is 13.3. The number of carbonyl (C=O) groups is 1. The van der Waals surface area contributed by atoms with Gasteiger partial charge in [-0.05, 0) is 49.1 Å². The third kappa shape index (κ3) is 2.90. The Morgan fingerprint density at radius 2 is 2.04 bits per heavy atom. The van der Waals surface area contributed by atoms with Crippen LogP contribution in [0.2, 0.25) is 5.02 Å². The number of benzene rings is 1. The third-order valence-corrected chi connectivity index (χ3v) is 6.35. The van der Waals surface area contributed by atoms with Crippen molar-refractivity contribution in [3.8, 4) is 11.4 Å². The van der Waals surface area contributed by atoms with E-state index in [1.807, 2.05) is 12.1 Å². The number of halogens is 1. The van der Waals surface area contributed by atoms with E-state index in [2.05, 4.69) is 4.98 Å². The van der Waals surface area contributed by atoms with Crippen molar-refractivity contribution in [2.24, 2.45) is 0 Å². The van der Waals surface area contributed by atoms with E-state index in [4.69, 9.17) is 16.6 Å². The van der Waals surface area contributed by atoms with Gasteiger partial charge < -0.3 is 9.90 Å². The molecule has 3 aromatic rings. The summed E-state index contributed by atoms with van der Waals surface area (Å²) in [6.07, 6.45) is 3.22. The van der Waals surface area contributed by atoms with Gasteiger partial charge in [0.1, 0.15) is 9.86 Å². The lowest BCUT2D eigenvalue weighted by atomic mass is 10.2. The molecule has 0 spiro atoms. The van der Waals surface area contributed by atoms with Crippen LogP contribution in [0.1, 0.15) is 16.9 Å². The van der Waals surface area contributed by atoms with Crippen LogP contribution in [0, 0.1) is 0 Å². The lowest BCUT2D eigenvalue weighted by Gasteiger charge is -2.08. The van der Waals surface area contributed by atoms with Gasteiger partial charge in [0, 0.05) is 26.6 Å². The number of nitrogens with zero attached hydrogens (tertiary/aromatic N) is 2. The molecule has 1 aliphatic carbocycles. The van der Waals surface area contributed by atoms with Crippen LogP contribution in [0.3, 0.4) is 0 Å². The van der Waals surface area contributed by atoms with Gasteiger partial charge in [0.2, 0.25) is 0 Å². The van der Waals surface area contributed by atoms with E-state index in [9.17, 15) is 9.90 Å². The second-order valence-corrected chi connectivity index (χ2v) is 8.04. The van der Waals surface area contributed by atoms with Crippen molar-refractivity contribution in [1.82, 2.24) is 9.97 Å². The maximum atomic E-state index is 10.9. The van der Waals surface area contributed by atoms with Gasteiger partial charge in [-0.3, -0.25) is 0 Å². The molecular formula is C17H12ClN2O2S2-. The Morgan fingerprint density at radius 3 is 2.79 bits per heavy atom. The maximum Gasteiger partial charge on any atom is 0.162 e. The first-order valence-electron chi connectivity index (χ1n) is 7.52. The largest absolute Gasteiger partial charge is 0.549 e. The quantitative estimate of drug-likeness (QED) is 0.516. The molecule has 2 heterocycles. The normalized spacial score (nSPS) is 13.4. The van der Waals surface area contributed by atoms with Crippen LogP contribution >= 0.6 is 34.7 Å². The SMILES string of the molecule is O=C([O-])CSc1nc(-c2ccc(Cl)cc2)nc2sc3c(c12)CCC3. The highest BCUT2D eigenvalue weighted by Gasteiger charge is 2.22. The third-order valence-electron chi connectivity index (χ3n) is 3.96. The number of aromatic nitrogens is 2. The lowest BCUT2D eigenvalue weighted by Crippen LogP contribution is -2.24. The van der Waals surface area contributed by atoms with Gasteiger partial charge in [0.25, 0.3) is 0 Å². The number of carbonyl (C=O) groups excluding carboxylic acids is 1. The van der Waals surface area contributed by atoms with Crippen LogP contribution in [0.5, 0.6) is 0 Å². The Bertz CT molecular complexity index is 938. The molecule has 24 heavy (non-hydrogen) atoms. The first-order valence-corrected chi connectivity index (χ1v) is 9.70. The molecule has 0 aliphatic heterocycles. The van der Waals surface area contributed by atoms with Crippen molar-refractivity contribution in [2.45, 2.75) is 24.3 Å². The zero-order valence-electron chi connectivity index (χ0n) is 12.5. The van der Waals surface area contributed by atoms with Crippen molar-refractivity contribution in [1.29, 1.82) is 0 Å². The van der Waals surface area contributed by atoms with Crippen molar-refractivity contribution >= 4 is 50.9 Å². The smallest absolute Gasteiger partial charge is 0.162 e. The summed E-state index contributed by atoms with van der Waals surface area (Å²) in [5.41, 5.74) is 2.16. The molecule has 0 atom stereocenters. The van der Waals surface area contributed by atoms with Gasteiger partial charge in [0.05, 0.1) is 5.97 Å². The predicted octanol–water partition coefficient (Wildman–Crippen LogP) is 3.34. The minimum atomic E-state index is -1.09. The number of hydrogen-bond donors (Lipinski definition) is 0. The summed E-state index contributed by atoms with van der Waals surface area (Å²) in [6, 6.07) is 7.34. The van der Waals surface area contributed by atoms with E-state index >= 15 is 0 Å². The van der Waals surface area contributed by atoms with Gasteiger partial charge in [0.15, 0.2) is 5.82 Å². The Balaban J connectivity index is 1.87. The van der Waals surface area contributed by atoms with Gasteiger partial charge >= 0.3 is 0 Å². The number of hydrogen-bond acceptors (Lipinski definition) is 6.